The average Bonchev–Trinajstić information content (AvgIpc) is 2.64. The Balaban J connectivity index is 2.20. The first kappa shape index (κ1) is 14.0. The van der Waals surface area contributed by atoms with Crippen molar-refractivity contribution in [3.05, 3.63) is 30.3 Å². The topological polar surface area (TPSA) is 69.7 Å². The summed E-state index contributed by atoms with van der Waals surface area (Å²) in [7, 11) is 0. The number of benzene rings is 1. The third kappa shape index (κ3) is 2.49. The Kier molecular flexibility index (Phi) is 4.02. The number of rotatable bonds is 4. The summed E-state index contributed by atoms with van der Waals surface area (Å²) in [5.74, 6) is -0.693. The number of anilines is 1. The lowest BCUT2D eigenvalue weighted by Crippen LogP contribution is -2.41. The zero-order valence-electron chi connectivity index (χ0n) is 11.5. The van der Waals surface area contributed by atoms with Gasteiger partial charge in [-0.25, -0.2) is 4.79 Å². The molecule has 1 unspecified atom stereocenters. The van der Waals surface area contributed by atoms with Crippen LogP contribution in [0.3, 0.4) is 0 Å². The summed E-state index contributed by atoms with van der Waals surface area (Å²) in [6.07, 6.45) is 0. The summed E-state index contributed by atoms with van der Waals surface area (Å²) >= 11 is 0. The van der Waals surface area contributed by atoms with E-state index in [1.165, 1.54) is 4.90 Å². The lowest BCUT2D eigenvalue weighted by molar-refractivity contribution is -0.131. The average molecular weight is 275 g/mol. The number of para-hydroxylation sites is 1. The van der Waals surface area contributed by atoms with Crippen molar-refractivity contribution in [3.63, 3.8) is 0 Å². The molecule has 20 heavy (non-hydrogen) atoms. The predicted molar refractivity (Wildman–Crippen MR) is 74.2 cm³/mol. The highest BCUT2D eigenvalue weighted by atomic mass is 16.2. The summed E-state index contributed by atoms with van der Waals surface area (Å²) < 4.78 is 0. The Morgan fingerprint density at radius 2 is 1.90 bits per heavy atom. The fourth-order valence-electron chi connectivity index (χ4n) is 2.19. The first-order valence-electron chi connectivity index (χ1n) is 6.52. The first-order valence-corrected chi connectivity index (χ1v) is 6.52. The number of imide groups is 1. The number of urea groups is 1. The van der Waals surface area contributed by atoms with Crippen molar-refractivity contribution in [2.75, 3.05) is 18.0 Å². The maximum Gasteiger partial charge on any atom is 0.332 e. The summed E-state index contributed by atoms with van der Waals surface area (Å²) in [4.78, 5) is 38.4. The number of hydrogen-bond acceptors (Lipinski definition) is 3. The Hall–Kier alpha value is -2.37. The van der Waals surface area contributed by atoms with Crippen molar-refractivity contribution in [1.29, 1.82) is 0 Å². The number of nitrogens with one attached hydrogen (secondary N) is 1. The quantitative estimate of drug-likeness (QED) is 0.833. The van der Waals surface area contributed by atoms with Crippen LogP contribution >= 0.6 is 0 Å². The van der Waals surface area contributed by atoms with Crippen molar-refractivity contribution >= 4 is 23.5 Å². The van der Waals surface area contributed by atoms with E-state index in [9.17, 15) is 14.4 Å². The molecule has 1 saturated heterocycles. The third-order valence-corrected chi connectivity index (χ3v) is 3.16. The lowest BCUT2D eigenvalue weighted by atomic mass is 10.2. The maximum absolute atomic E-state index is 12.3. The molecule has 0 spiro atoms. The molecule has 0 saturated carbocycles. The van der Waals surface area contributed by atoms with Gasteiger partial charge < -0.3 is 5.32 Å². The summed E-state index contributed by atoms with van der Waals surface area (Å²) in [6, 6.07) is 7.90. The van der Waals surface area contributed by atoms with Gasteiger partial charge in [0.05, 0.1) is 0 Å². The fraction of sp³-hybridized carbons (Fsp3) is 0.357. The molecule has 0 aromatic heterocycles. The second kappa shape index (κ2) is 5.73. The van der Waals surface area contributed by atoms with Crippen molar-refractivity contribution in [2.45, 2.75) is 19.9 Å². The van der Waals surface area contributed by atoms with Crippen LogP contribution in [0.2, 0.25) is 0 Å². The van der Waals surface area contributed by atoms with Gasteiger partial charge in [-0.1, -0.05) is 18.2 Å². The zero-order valence-corrected chi connectivity index (χ0v) is 11.5. The largest absolute Gasteiger partial charge is 0.355 e. The van der Waals surface area contributed by atoms with Gasteiger partial charge >= 0.3 is 6.03 Å². The number of nitrogens with zero attached hydrogens (tertiary/aromatic N) is 2. The molecule has 1 fully saturated rings. The monoisotopic (exact) mass is 275 g/mol. The van der Waals surface area contributed by atoms with Crippen LogP contribution in [-0.4, -0.2) is 41.9 Å². The Morgan fingerprint density at radius 1 is 1.25 bits per heavy atom. The summed E-state index contributed by atoms with van der Waals surface area (Å²) in [5.41, 5.74) is 0.650. The van der Waals surface area contributed by atoms with Crippen LogP contribution in [-0.2, 0) is 9.59 Å². The molecule has 1 aliphatic heterocycles. The molecule has 1 heterocycles. The molecule has 0 aliphatic carbocycles. The van der Waals surface area contributed by atoms with Gasteiger partial charge in [0.25, 0.3) is 5.91 Å². The SMILES string of the molecule is CCNC(=O)CN1C(=O)C(C)N(c2ccccc2)C1=O. The van der Waals surface area contributed by atoms with Crippen LogP contribution in [0.1, 0.15) is 13.8 Å². The first-order chi connectivity index (χ1) is 9.56. The number of amides is 4. The molecule has 1 atom stereocenters. The van der Waals surface area contributed by atoms with E-state index >= 15 is 0 Å². The molecule has 0 bridgehead atoms. The summed E-state index contributed by atoms with van der Waals surface area (Å²) in [6.45, 7) is 3.67. The van der Waals surface area contributed by atoms with Gasteiger partial charge in [-0.2, -0.15) is 0 Å². The molecule has 0 radical (unpaired) electrons. The van der Waals surface area contributed by atoms with Crippen LogP contribution in [0.5, 0.6) is 0 Å². The molecule has 6 heteroatoms. The van der Waals surface area contributed by atoms with Crippen molar-refractivity contribution in [3.8, 4) is 0 Å². The van der Waals surface area contributed by atoms with Crippen molar-refractivity contribution < 1.29 is 14.4 Å². The molecule has 1 N–H and O–H groups in total. The van der Waals surface area contributed by atoms with E-state index in [0.29, 0.717) is 12.2 Å². The van der Waals surface area contributed by atoms with Gasteiger partial charge in [-0.05, 0) is 26.0 Å². The second-order valence-electron chi connectivity index (χ2n) is 4.54. The molecule has 1 aliphatic rings. The van der Waals surface area contributed by atoms with Crippen LogP contribution in [0, 0.1) is 0 Å². The normalized spacial score (nSPS) is 18.6. The smallest absolute Gasteiger partial charge is 0.332 e. The van der Waals surface area contributed by atoms with Gasteiger partial charge in [0, 0.05) is 12.2 Å². The van der Waals surface area contributed by atoms with Crippen LogP contribution in [0.25, 0.3) is 0 Å². The highest BCUT2D eigenvalue weighted by molar-refractivity contribution is 6.15. The van der Waals surface area contributed by atoms with Crippen LogP contribution in [0.15, 0.2) is 30.3 Å². The zero-order chi connectivity index (χ0) is 14.7. The number of carbonyl (C=O) groups excluding carboxylic acids is 3. The highest BCUT2D eigenvalue weighted by Gasteiger charge is 2.43. The highest BCUT2D eigenvalue weighted by Crippen LogP contribution is 2.25. The molecular formula is C14H17N3O3. The van der Waals surface area contributed by atoms with E-state index < -0.39 is 12.1 Å². The van der Waals surface area contributed by atoms with E-state index in [0.717, 1.165) is 4.90 Å². The van der Waals surface area contributed by atoms with E-state index in [4.69, 9.17) is 0 Å². The van der Waals surface area contributed by atoms with Crippen LogP contribution in [0.4, 0.5) is 10.5 Å². The summed E-state index contributed by atoms with van der Waals surface area (Å²) in [5, 5.41) is 2.58. The number of likely N-dealkylation sites (N-methyl/N-ethyl adjacent to an activating group) is 1. The Morgan fingerprint density at radius 3 is 2.50 bits per heavy atom. The van der Waals surface area contributed by atoms with E-state index in [-0.39, 0.29) is 18.4 Å². The van der Waals surface area contributed by atoms with Crippen LogP contribution < -0.4 is 10.2 Å². The molecular weight excluding hydrogens is 258 g/mol. The number of carbonyl (C=O) groups is 3. The molecule has 1 aromatic rings. The molecule has 1 aromatic carbocycles. The second-order valence-corrected chi connectivity index (χ2v) is 4.54. The minimum absolute atomic E-state index is 0.237. The molecule has 2 rings (SSSR count). The van der Waals surface area contributed by atoms with Gasteiger partial charge in [-0.15, -0.1) is 0 Å². The third-order valence-electron chi connectivity index (χ3n) is 3.16. The molecule has 6 nitrogen and oxygen atoms in total. The van der Waals surface area contributed by atoms with E-state index in [2.05, 4.69) is 5.32 Å². The van der Waals surface area contributed by atoms with Crippen molar-refractivity contribution in [1.82, 2.24) is 10.2 Å². The minimum atomic E-state index is -0.598. The Labute approximate surface area is 117 Å². The molecule has 106 valence electrons. The molecule has 4 amide bonds. The number of hydrogen-bond donors (Lipinski definition) is 1. The van der Waals surface area contributed by atoms with Gasteiger partial charge in [0.2, 0.25) is 5.91 Å². The van der Waals surface area contributed by atoms with Gasteiger partial charge in [0.15, 0.2) is 0 Å². The minimum Gasteiger partial charge on any atom is -0.355 e. The van der Waals surface area contributed by atoms with Gasteiger partial charge in [0.1, 0.15) is 12.6 Å². The lowest BCUT2D eigenvalue weighted by Gasteiger charge is -2.19. The standard InChI is InChI=1S/C14H17N3O3/c1-3-15-12(18)9-16-13(19)10(2)17(14(16)20)11-7-5-4-6-8-11/h4-8,10H,3,9H2,1-2H3,(H,15,18). The van der Waals surface area contributed by atoms with Crippen molar-refractivity contribution in [2.24, 2.45) is 0 Å². The maximum atomic E-state index is 12.3. The fourth-order valence-corrected chi connectivity index (χ4v) is 2.19. The van der Waals surface area contributed by atoms with Gasteiger partial charge in [-0.3, -0.25) is 19.4 Å². The van der Waals surface area contributed by atoms with E-state index in [1.807, 2.05) is 6.07 Å². The van der Waals surface area contributed by atoms with E-state index in [1.54, 1.807) is 38.1 Å². The Bertz CT molecular complexity index is 530. The predicted octanol–water partition coefficient (Wildman–Crippen LogP) is 0.980.